The molecule has 2 aromatic rings. The lowest BCUT2D eigenvalue weighted by molar-refractivity contribution is -0.338. The molecule has 0 aromatic heterocycles. The molecule has 0 bridgehead atoms. The van der Waals surface area contributed by atoms with E-state index >= 15 is 0 Å². The normalized spacial score (nSPS) is 27.7. The molecule has 0 radical (unpaired) electrons. The van der Waals surface area contributed by atoms with Gasteiger partial charge in [0.1, 0.15) is 49.8 Å². The zero-order valence-corrected chi connectivity index (χ0v) is 66.7. The molecule has 648 valence electrons. The van der Waals surface area contributed by atoms with Crippen molar-refractivity contribution < 1.29 is 200 Å². The Kier molecular flexibility index (Phi) is 37.4. The molecule has 4 heterocycles. The first kappa shape index (κ1) is 95.4. The Labute approximate surface area is 669 Å². The molecule has 0 N–H and O–H groups in total. The first-order chi connectivity index (χ1) is 55.3. The smallest absolute Gasteiger partial charge is 0.338 e. The van der Waals surface area contributed by atoms with Gasteiger partial charge < -0.3 is 123 Å². The second kappa shape index (κ2) is 45.9. The lowest BCUT2D eigenvalue weighted by atomic mass is 9.97. The summed E-state index contributed by atoms with van der Waals surface area (Å²) in [5, 5.41) is 0. The first-order valence-electron chi connectivity index (χ1n) is 36.4. The number of carbonyl (C=O) groups is 16. The monoisotopic (exact) mass is 1670 g/mol. The van der Waals surface area contributed by atoms with Crippen molar-refractivity contribution in [2.75, 3.05) is 53.4 Å². The maximum atomic E-state index is 14.7. The van der Waals surface area contributed by atoms with Gasteiger partial charge in [-0.25, -0.2) is 9.59 Å². The van der Waals surface area contributed by atoms with Crippen LogP contribution in [0.3, 0.4) is 0 Å². The Hall–Kier alpha value is -10.4. The topological polar surface area (TPSA) is 513 Å². The van der Waals surface area contributed by atoms with Gasteiger partial charge in [-0.05, 0) is 31.2 Å². The lowest BCUT2D eigenvalue weighted by Crippen LogP contribution is -2.65. The van der Waals surface area contributed by atoms with E-state index in [4.69, 9.17) is 123 Å². The number of ether oxygens (including phenoxy) is 26. The average molecular weight is 1670 g/mol. The van der Waals surface area contributed by atoms with Crippen LogP contribution in [0.25, 0.3) is 0 Å². The summed E-state index contributed by atoms with van der Waals surface area (Å²) in [4.78, 5) is 210. The zero-order chi connectivity index (χ0) is 86.7. The first-order valence-corrected chi connectivity index (χ1v) is 36.4. The molecule has 6 rings (SSSR count). The molecular weight excluding hydrogens is 1570 g/mol. The number of hydrogen-bond donors (Lipinski definition) is 0. The Morgan fingerprint density at radius 1 is 0.291 bits per heavy atom. The minimum absolute atomic E-state index is 0.0968. The molecule has 0 spiro atoms. The summed E-state index contributed by atoms with van der Waals surface area (Å²) in [6, 6.07) is 14.5. The van der Waals surface area contributed by atoms with E-state index in [2.05, 4.69) is 0 Å². The molecular formula is C75H96O42. The zero-order valence-electron chi connectivity index (χ0n) is 66.7. The predicted octanol–water partition coefficient (Wildman–Crippen LogP) is 1.13. The number of carbonyl (C=O) groups excluding carboxylic acids is 16. The molecule has 42 heteroatoms. The summed E-state index contributed by atoms with van der Waals surface area (Å²) in [7, 11) is 1.09. The van der Waals surface area contributed by atoms with Crippen molar-refractivity contribution >= 4 is 95.5 Å². The minimum atomic E-state index is -2.10. The molecule has 0 saturated carbocycles. The van der Waals surface area contributed by atoms with Gasteiger partial charge in [-0.1, -0.05) is 36.4 Å². The van der Waals surface area contributed by atoms with Crippen molar-refractivity contribution in [2.24, 2.45) is 0 Å². The summed E-state index contributed by atoms with van der Waals surface area (Å²) in [6.45, 7) is 9.38. The summed E-state index contributed by atoms with van der Waals surface area (Å²) in [5.74, 6) is -16.4. The van der Waals surface area contributed by atoms with Crippen LogP contribution in [0.1, 0.15) is 125 Å². The summed E-state index contributed by atoms with van der Waals surface area (Å²) in [5.41, 5.74) is -0.195. The lowest BCUT2D eigenvalue weighted by Gasteiger charge is -2.46. The molecule has 4 saturated heterocycles. The van der Waals surface area contributed by atoms with Gasteiger partial charge in [0.25, 0.3) is 0 Å². The molecule has 4 aliphatic heterocycles. The Morgan fingerprint density at radius 2 is 0.521 bits per heavy atom. The van der Waals surface area contributed by atoms with Crippen LogP contribution in [0, 0.1) is 0 Å². The highest BCUT2D eigenvalue weighted by Crippen LogP contribution is 2.38. The van der Waals surface area contributed by atoms with Gasteiger partial charge in [0.2, 0.25) is 0 Å². The fourth-order valence-electron chi connectivity index (χ4n) is 12.7. The van der Waals surface area contributed by atoms with E-state index in [9.17, 15) is 76.7 Å². The highest BCUT2D eigenvalue weighted by molar-refractivity contribution is 5.90. The maximum absolute atomic E-state index is 14.7. The van der Waals surface area contributed by atoms with Gasteiger partial charge >= 0.3 is 95.5 Å². The van der Waals surface area contributed by atoms with E-state index < -0.39 is 282 Å². The van der Waals surface area contributed by atoms with Crippen molar-refractivity contribution in [2.45, 2.75) is 251 Å². The van der Waals surface area contributed by atoms with Gasteiger partial charge in [-0.15, -0.1) is 0 Å². The SMILES string of the molecule is CCO[C@@H]([C@H](OC)[C@@H](CO[C@@H]1O[C@H](CO[C@@H]2O[C@H](COC(C)=O)[C@@H](OC(C)=O)[C@H](OC(C)=O)[C@H]2OC(C)=O)[C@@H](OC(C)=O)[C@H](OC(C)=O)[C@H]1OC(C)=O)OC(=O)c1ccccc1)[C@@H](CO[C@@H]1O[C@H](CO[C@@H]2O[C@H](COC(C)=O)[C@@H](OC(C)=O)[C@H](OC(C)=O)[C@H]2OC(C)=O)[C@@H](OC(C)=O)[C@H](OC(C)=O)[C@H]1OC(C)=O)OC(=O)c1ccccc1. The van der Waals surface area contributed by atoms with E-state index in [1.165, 1.54) is 55.5 Å². The quantitative estimate of drug-likeness (QED) is 0.0671. The van der Waals surface area contributed by atoms with Crippen molar-refractivity contribution in [3.05, 3.63) is 71.8 Å². The van der Waals surface area contributed by atoms with Crippen LogP contribution in [-0.4, -0.2) is 296 Å². The summed E-state index contributed by atoms with van der Waals surface area (Å²) < 4.78 is 154. The van der Waals surface area contributed by atoms with Gasteiger partial charge in [0, 0.05) is 111 Å². The molecule has 4 fully saturated rings. The molecule has 42 nitrogen and oxygen atoms in total. The number of rotatable bonds is 38. The van der Waals surface area contributed by atoms with Gasteiger partial charge in [0.15, 0.2) is 111 Å². The molecule has 2 aromatic carbocycles. The van der Waals surface area contributed by atoms with Crippen LogP contribution >= 0.6 is 0 Å². The maximum Gasteiger partial charge on any atom is 0.338 e. The van der Waals surface area contributed by atoms with Crippen LogP contribution in [0.5, 0.6) is 0 Å². The fraction of sp³-hybridized carbons (Fsp3) is 0.627. The highest BCUT2D eigenvalue weighted by Gasteiger charge is 2.59. The predicted molar refractivity (Wildman–Crippen MR) is 376 cm³/mol. The van der Waals surface area contributed by atoms with Crippen molar-refractivity contribution in [1.29, 1.82) is 0 Å². The third kappa shape index (κ3) is 29.3. The van der Waals surface area contributed by atoms with Crippen LogP contribution < -0.4 is 0 Å². The largest absolute Gasteiger partial charge is 0.463 e. The number of benzene rings is 2. The van der Waals surface area contributed by atoms with Crippen LogP contribution in [0.4, 0.5) is 0 Å². The van der Waals surface area contributed by atoms with Crippen LogP contribution in [0.2, 0.25) is 0 Å². The van der Waals surface area contributed by atoms with Crippen molar-refractivity contribution in [1.82, 2.24) is 0 Å². The minimum Gasteiger partial charge on any atom is -0.463 e. The van der Waals surface area contributed by atoms with Crippen LogP contribution in [-0.2, 0) is 190 Å². The summed E-state index contributed by atoms with van der Waals surface area (Å²) in [6.07, 6.45) is -44.5. The van der Waals surface area contributed by atoms with E-state index in [1.807, 2.05) is 0 Å². The van der Waals surface area contributed by atoms with E-state index in [-0.39, 0.29) is 17.7 Å². The van der Waals surface area contributed by atoms with Gasteiger partial charge in [0.05, 0.1) is 37.6 Å². The molecule has 117 heavy (non-hydrogen) atoms. The highest BCUT2D eigenvalue weighted by atomic mass is 16.8. The molecule has 0 aliphatic carbocycles. The fourth-order valence-corrected chi connectivity index (χ4v) is 12.7. The number of hydrogen-bond acceptors (Lipinski definition) is 42. The second-order valence-electron chi connectivity index (χ2n) is 26.2. The van der Waals surface area contributed by atoms with Crippen LogP contribution in [0.15, 0.2) is 60.7 Å². The average Bonchev–Trinajstić information content (AvgIpc) is 0.786. The molecule has 4 aliphatic rings. The number of esters is 16. The summed E-state index contributed by atoms with van der Waals surface area (Å²) >= 11 is 0. The Bertz CT molecular complexity index is 3760. The second-order valence-corrected chi connectivity index (χ2v) is 26.2. The molecule has 0 unspecified atom stereocenters. The third-order valence-corrected chi connectivity index (χ3v) is 16.8. The Balaban J connectivity index is 1.49. The van der Waals surface area contributed by atoms with E-state index in [0.29, 0.717) is 0 Å². The van der Waals surface area contributed by atoms with E-state index in [0.717, 1.165) is 104 Å². The van der Waals surface area contributed by atoms with Crippen molar-refractivity contribution in [3.63, 3.8) is 0 Å². The van der Waals surface area contributed by atoms with E-state index in [1.54, 1.807) is 12.1 Å². The molecule has 24 atom stereocenters. The number of methoxy groups -OCH3 is 1. The van der Waals surface area contributed by atoms with Gasteiger partial charge in [-0.2, -0.15) is 0 Å². The molecule has 0 amide bonds. The van der Waals surface area contributed by atoms with Gasteiger partial charge in [-0.3, -0.25) is 67.1 Å². The standard InChI is InChI=1S/C75H96O42/c1-17-93-57(51(113-71(91)49-26-22-19-23-27-49)31-97-73-69(111-47(15)89)65(107-43(11)85)61(103-39(7)81)55(117-73)33-99-75-67(109-45(13)87)63(105-41(9)83)59(101-37(5)79)53(115-75)29-95-35(3)77)56(92-16)50(112-70(90)48-24-20-18-21-25-48)30-96-72-68(110-46(14)88)64(106-42(10)84)60(102-38(6)80)54(116-72)32-98-74-66(108-44(12)86)62(104-40(8)82)58(100-36(4)78)52(114-74)28-94-34(2)76/h18-27,50-69,72-75H,17,28-33H2,1-16H3/t50-,51-,52-,53-,54-,55-,56-,57-,58-,59-,60-,61-,62+,63+,64+,65+,66-,67-,68-,69-,72-,73-,74-,75-/m1/s1. The third-order valence-electron chi connectivity index (χ3n) is 16.8. The van der Waals surface area contributed by atoms with Crippen molar-refractivity contribution in [3.8, 4) is 0 Å². The Morgan fingerprint density at radius 3 is 0.761 bits per heavy atom.